The molecule has 0 aliphatic heterocycles. The monoisotopic (exact) mass is 274 g/mol. The van der Waals surface area contributed by atoms with Crippen molar-refractivity contribution in [3.63, 3.8) is 0 Å². The smallest absolute Gasteiger partial charge is 0.221 e. The number of aromatic nitrogens is 2. The van der Waals surface area contributed by atoms with Crippen molar-refractivity contribution in [3.8, 4) is 11.5 Å². The number of nitrogens with zero attached hydrogens (tertiary/aromatic N) is 2. The summed E-state index contributed by atoms with van der Waals surface area (Å²) in [6.07, 6.45) is 2.46. The lowest BCUT2D eigenvalue weighted by Crippen LogP contribution is -2.07. The maximum Gasteiger partial charge on any atom is 0.221 e. The van der Waals surface area contributed by atoms with Crippen LogP contribution in [-0.2, 0) is 6.42 Å². The minimum absolute atomic E-state index is 0.265. The first-order valence-electron chi connectivity index (χ1n) is 6.26. The molecule has 3 N–H and O–H groups in total. The van der Waals surface area contributed by atoms with Gasteiger partial charge in [0.05, 0.1) is 14.2 Å². The minimum atomic E-state index is 0.265. The van der Waals surface area contributed by atoms with Crippen molar-refractivity contribution in [2.45, 2.75) is 6.42 Å². The third-order valence-electron chi connectivity index (χ3n) is 2.84. The number of hydrogen-bond acceptors (Lipinski definition) is 6. The van der Waals surface area contributed by atoms with Crippen molar-refractivity contribution in [2.24, 2.45) is 0 Å². The SMILES string of the molecule is COc1ccc(CCNc2ccnc(N)n2)cc1OC. The van der Waals surface area contributed by atoms with E-state index in [0.29, 0.717) is 0 Å². The number of rotatable bonds is 6. The largest absolute Gasteiger partial charge is 0.493 e. The van der Waals surface area contributed by atoms with Crippen LogP contribution in [0.2, 0.25) is 0 Å². The molecule has 0 unspecified atom stereocenters. The number of methoxy groups -OCH3 is 2. The summed E-state index contributed by atoms with van der Waals surface area (Å²) in [6.45, 7) is 0.742. The van der Waals surface area contributed by atoms with E-state index in [1.165, 1.54) is 0 Å². The molecule has 0 fully saturated rings. The van der Waals surface area contributed by atoms with Crippen LogP contribution in [0.15, 0.2) is 30.5 Å². The maximum atomic E-state index is 5.52. The molecule has 1 heterocycles. The average Bonchev–Trinajstić information content (AvgIpc) is 2.47. The summed E-state index contributed by atoms with van der Waals surface area (Å²) in [4.78, 5) is 7.92. The summed E-state index contributed by atoms with van der Waals surface area (Å²) in [5.74, 6) is 2.45. The first-order chi connectivity index (χ1) is 9.72. The molecule has 2 rings (SSSR count). The zero-order chi connectivity index (χ0) is 14.4. The van der Waals surface area contributed by atoms with Gasteiger partial charge in [0.2, 0.25) is 5.95 Å². The Morgan fingerprint density at radius 2 is 1.95 bits per heavy atom. The second kappa shape index (κ2) is 6.60. The molecule has 0 atom stereocenters. The molecule has 0 spiro atoms. The van der Waals surface area contributed by atoms with E-state index in [9.17, 15) is 0 Å². The molecule has 0 amide bonds. The predicted molar refractivity (Wildman–Crippen MR) is 78.2 cm³/mol. The van der Waals surface area contributed by atoms with Crippen LogP contribution in [0, 0.1) is 0 Å². The Balaban J connectivity index is 1.94. The summed E-state index contributed by atoms with van der Waals surface area (Å²) >= 11 is 0. The lowest BCUT2D eigenvalue weighted by Gasteiger charge is -2.10. The Hall–Kier alpha value is -2.50. The van der Waals surface area contributed by atoms with Crippen LogP contribution in [0.1, 0.15) is 5.56 Å². The molecule has 0 aliphatic rings. The van der Waals surface area contributed by atoms with E-state index in [4.69, 9.17) is 15.2 Å². The topological polar surface area (TPSA) is 82.3 Å². The summed E-state index contributed by atoms with van der Waals surface area (Å²) in [7, 11) is 3.25. The fourth-order valence-corrected chi connectivity index (χ4v) is 1.84. The molecule has 20 heavy (non-hydrogen) atoms. The molecule has 0 aliphatic carbocycles. The van der Waals surface area contributed by atoms with E-state index >= 15 is 0 Å². The number of anilines is 2. The second-order valence-corrected chi connectivity index (χ2v) is 4.17. The maximum absolute atomic E-state index is 5.52. The van der Waals surface area contributed by atoms with Crippen molar-refractivity contribution < 1.29 is 9.47 Å². The summed E-state index contributed by atoms with van der Waals surface area (Å²) in [6, 6.07) is 7.66. The number of ether oxygens (including phenoxy) is 2. The van der Waals surface area contributed by atoms with Crippen molar-refractivity contribution in [1.29, 1.82) is 0 Å². The van der Waals surface area contributed by atoms with Gasteiger partial charge >= 0.3 is 0 Å². The zero-order valence-electron chi connectivity index (χ0n) is 11.6. The molecule has 0 saturated carbocycles. The van der Waals surface area contributed by atoms with Crippen LogP contribution >= 0.6 is 0 Å². The Bertz CT molecular complexity index is 575. The molecule has 0 bridgehead atoms. The Morgan fingerprint density at radius 1 is 1.15 bits per heavy atom. The third-order valence-corrected chi connectivity index (χ3v) is 2.84. The van der Waals surface area contributed by atoms with Crippen molar-refractivity contribution in [2.75, 3.05) is 31.8 Å². The molecular weight excluding hydrogens is 256 g/mol. The molecule has 0 saturated heterocycles. The second-order valence-electron chi connectivity index (χ2n) is 4.17. The third kappa shape index (κ3) is 3.50. The predicted octanol–water partition coefficient (Wildman–Crippen LogP) is 1.73. The molecule has 6 heteroatoms. The number of nitrogen functional groups attached to an aromatic ring is 1. The summed E-state index contributed by atoms with van der Waals surface area (Å²) in [5.41, 5.74) is 6.67. The van der Waals surface area contributed by atoms with Crippen LogP contribution in [0.4, 0.5) is 11.8 Å². The van der Waals surface area contributed by atoms with Crippen LogP contribution < -0.4 is 20.5 Å². The van der Waals surface area contributed by atoms with Gasteiger partial charge in [-0.2, -0.15) is 4.98 Å². The lowest BCUT2D eigenvalue weighted by atomic mass is 10.1. The number of benzene rings is 1. The van der Waals surface area contributed by atoms with Gasteiger partial charge in [-0.1, -0.05) is 6.07 Å². The Kier molecular flexibility index (Phi) is 4.60. The van der Waals surface area contributed by atoms with E-state index < -0.39 is 0 Å². The molecule has 106 valence electrons. The molecule has 2 aromatic rings. The van der Waals surface area contributed by atoms with Gasteiger partial charge in [-0.15, -0.1) is 0 Å². The van der Waals surface area contributed by atoms with E-state index in [0.717, 1.165) is 35.8 Å². The highest BCUT2D eigenvalue weighted by molar-refractivity contribution is 5.43. The van der Waals surface area contributed by atoms with Crippen LogP contribution in [0.25, 0.3) is 0 Å². The fourth-order valence-electron chi connectivity index (χ4n) is 1.84. The number of nitrogens with one attached hydrogen (secondary N) is 1. The van der Waals surface area contributed by atoms with E-state index in [2.05, 4.69) is 15.3 Å². The highest BCUT2D eigenvalue weighted by Gasteiger charge is 2.04. The molecule has 1 aromatic carbocycles. The van der Waals surface area contributed by atoms with Gasteiger partial charge in [0.1, 0.15) is 5.82 Å². The van der Waals surface area contributed by atoms with Gasteiger partial charge in [0.15, 0.2) is 11.5 Å². The highest BCUT2D eigenvalue weighted by atomic mass is 16.5. The molecule has 6 nitrogen and oxygen atoms in total. The molecule has 1 aromatic heterocycles. The molecular formula is C14H18N4O2. The van der Waals surface area contributed by atoms with Gasteiger partial charge < -0.3 is 20.5 Å². The van der Waals surface area contributed by atoms with Gasteiger partial charge in [-0.05, 0) is 30.2 Å². The van der Waals surface area contributed by atoms with Crippen molar-refractivity contribution in [3.05, 3.63) is 36.0 Å². The van der Waals surface area contributed by atoms with Gasteiger partial charge in [-0.3, -0.25) is 0 Å². The van der Waals surface area contributed by atoms with E-state index in [1.54, 1.807) is 26.5 Å². The first kappa shape index (κ1) is 13.9. The van der Waals surface area contributed by atoms with Crippen molar-refractivity contribution >= 4 is 11.8 Å². The van der Waals surface area contributed by atoms with Gasteiger partial charge in [0.25, 0.3) is 0 Å². The lowest BCUT2D eigenvalue weighted by molar-refractivity contribution is 0.354. The molecule has 0 radical (unpaired) electrons. The summed E-state index contributed by atoms with van der Waals surface area (Å²) < 4.78 is 10.5. The highest BCUT2D eigenvalue weighted by Crippen LogP contribution is 2.27. The van der Waals surface area contributed by atoms with Crippen LogP contribution in [-0.4, -0.2) is 30.7 Å². The summed E-state index contributed by atoms with van der Waals surface area (Å²) in [5, 5.41) is 3.20. The number of hydrogen-bond donors (Lipinski definition) is 2. The Labute approximate surface area is 118 Å². The fraction of sp³-hybridized carbons (Fsp3) is 0.286. The van der Waals surface area contributed by atoms with Gasteiger partial charge in [0, 0.05) is 12.7 Å². The zero-order valence-corrected chi connectivity index (χ0v) is 11.6. The van der Waals surface area contributed by atoms with E-state index in [1.807, 2.05) is 18.2 Å². The van der Waals surface area contributed by atoms with E-state index in [-0.39, 0.29) is 5.95 Å². The Morgan fingerprint density at radius 3 is 2.65 bits per heavy atom. The number of nitrogens with two attached hydrogens (primary N) is 1. The average molecular weight is 274 g/mol. The van der Waals surface area contributed by atoms with Crippen LogP contribution in [0.5, 0.6) is 11.5 Å². The normalized spacial score (nSPS) is 10.1. The van der Waals surface area contributed by atoms with Gasteiger partial charge in [-0.25, -0.2) is 4.98 Å². The minimum Gasteiger partial charge on any atom is -0.493 e. The van der Waals surface area contributed by atoms with Crippen molar-refractivity contribution in [1.82, 2.24) is 9.97 Å². The standard InChI is InChI=1S/C14H18N4O2/c1-19-11-4-3-10(9-12(11)20-2)5-7-16-13-6-8-17-14(15)18-13/h3-4,6,8-9H,5,7H2,1-2H3,(H3,15,16,17,18). The first-order valence-corrected chi connectivity index (χ1v) is 6.26. The quantitative estimate of drug-likeness (QED) is 0.834. The van der Waals surface area contributed by atoms with Crippen LogP contribution in [0.3, 0.4) is 0 Å².